The molecule has 0 saturated carbocycles. The summed E-state index contributed by atoms with van der Waals surface area (Å²) in [4.78, 5) is 22.7. The molecule has 9 nitrogen and oxygen atoms in total. The average molecular weight is 311 g/mol. The maximum atomic E-state index is 11.4. The van der Waals surface area contributed by atoms with Gasteiger partial charge in [0, 0.05) is 13.8 Å². The molecule has 120 valence electrons. The van der Waals surface area contributed by atoms with E-state index >= 15 is 0 Å². The summed E-state index contributed by atoms with van der Waals surface area (Å²) in [7, 11) is 0. The van der Waals surface area contributed by atoms with Gasteiger partial charge in [0.05, 0.1) is 24.6 Å². The Morgan fingerprint density at radius 3 is 2.64 bits per heavy atom. The van der Waals surface area contributed by atoms with Crippen molar-refractivity contribution in [3.63, 3.8) is 0 Å². The summed E-state index contributed by atoms with van der Waals surface area (Å²) in [5.41, 5.74) is 0.765. The van der Waals surface area contributed by atoms with Crippen LogP contribution in [0.5, 0.6) is 0 Å². The van der Waals surface area contributed by atoms with E-state index in [1.165, 1.54) is 13.8 Å². The SMILES string of the molecule is CC(=O)O[C@@H]1[C@H]2OCc3cnnn3[C@@H]2O[C@H](C)[C@H]1OC(C)=O. The van der Waals surface area contributed by atoms with E-state index in [1.54, 1.807) is 17.8 Å². The fraction of sp³-hybridized carbons (Fsp3) is 0.692. The van der Waals surface area contributed by atoms with E-state index in [4.69, 9.17) is 18.9 Å². The van der Waals surface area contributed by atoms with Gasteiger partial charge in [-0.2, -0.15) is 0 Å². The highest BCUT2D eigenvalue weighted by Gasteiger charge is 2.52. The van der Waals surface area contributed by atoms with Crippen LogP contribution in [-0.2, 0) is 35.1 Å². The van der Waals surface area contributed by atoms with Crippen molar-refractivity contribution in [3.8, 4) is 0 Å². The van der Waals surface area contributed by atoms with Crippen LogP contribution in [0.25, 0.3) is 0 Å². The Labute approximate surface area is 126 Å². The first-order valence-corrected chi connectivity index (χ1v) is 6.98. The van der Waals surface area contributed by atoms with E-state index in [-0.39, 0.29) is 6.61 Å². The predicted molar refractivity (Wildman–Crippen MR) is 69.3 cm³/mol. The van der Waals surface area contributed by atoms with Crippen LogP contribution in [0.15, 0.2) is 6.20 Å². The number of carbonyl (C=O) groups is 2. The number of carbonyl (C=O) groups excluding carboxylic acids is 2. The number of aromatic nitrogens is 3. The minimum atomic E-state index is -0.771. The highest BCUT2D eigenvalue weighted by Crippen LogP contribution is 2.36. The van der Waals surface area contributed by atoms with Crippen LogP contribution >= 0.6 is 0 Å². The summed E-state index contributed by atoms with van der Waals surface area (Å²) < 4.78 is 23.8. The van der Waals surface area contributed by atoms with Crippen molar-refractivity contribution in [2.75, 3.05) is 0 Å². The van der Waals surface area contributed by atoms with E-state index in [0.29, 0.717) is 0 Å². The molecule has 1 aromatic heterocycles. The van der Waals surface area contributed by atoms with Gasteiger partial charge in [-0.1, -0.05) is 5.21 Å². The molecule has 2 aliphatic rings. The molecule has 1 fully saturated rings. The maximum Gasteiger partial charge on any atom is 0.303 e. The van der Waals surface area contributed by atoms with Gasteiger partial charge in [-0.25, -0.2) is 4.68 Å². The molecular formula is C13H17N3O6. The van der Waals surface area contributed by atoms with Crippen LogP contribution in [0.3, 0.4) is 0 Å². The van der Waals surface area contributed by atoms with Gasteiger partial charge < -0.3 is 18.9 Å². The van der Waals surface area contributed by atoms with Gasteiger partial charge >= 0.3 is 11.9 Å². The third-order valence-corrected chi connectivity index (χ3v) is 3.66. The first kappa shape index (κ1) is 14.9. The zero-order valence-electron chi connectivity index (χ0n) is 12.5. The van der Waals surface area contributed by atoms with Crippen molar-refractivity contribution < 1.29 is 28.5 Å². The lowest BCUT2D eigenvalue weighted by molar-refractivity contribution is -0.278. The van der Waals surface area contributed by atoms with Crippen molar-refractivity contribution in [1.29, 1.82) is 0 Å². The third-order valence-electron chi connectivity index (χ3n) is 3.66. The lowest BCUT2D eigenvalue weighted by atomic mass is 9.97. The molecule has 1 aromatic rings. The van der Waals surface area contributed by atoms with E-state index in [9.17, 15) is 9.59 Å². The molecule has 0 aliphatic carbocycles. The van der Waals surface area contributed by atoms with Gasteiger partial charge in [-0.05, 0) is 6.92 Å². The molecule has 0 radical (unpaired) electrons. The topological polar surface area (TPSA) is 102 Å². The summed E-state index contributed by atoms with van der Waals surface area (Å²) in [5, 5.41) is 7.82. The first-order valence-electron chi connectivity index (χ1n) is 6.98. The zero-order chi connectivity index (χ0) is 15.9. The fourth-order valence-electron chi connectivity index (χ4n) is 2.81. The molecule has 2 aliphatic heterocycles. The first-order chi connectivity index (χ1) is 10.5. The highest BCUT2D eigenvalue weighted by atomic mass is 16.6. The normalized spacial score (nSPS) is 33.5. The summed E-state index contributed by atoms with van der Waals surface area (Å²) >= 11 is 0. The van der Waals surface area contributed by atoms with Gasteiger partial charge in [-0.3, -0.25) is 9.59 Å². The van der Waals surface area contributed by atoms with Crippen LogP contribution in [0, 0.1) is 0 Å². The Balaban J connectivity index is 1.92. The Morgan fingerprint density at radius 1 is 1.27 bits per heavy atom. The summed E-state index contributed by atoms with van der Waals surface area (Å²) in [5.74, 6) is -0.962. The van der Waals surface area contributed by atoms with E-state index in [2.05, 4.69) is 10.3 Å². The second-order valence-corrected chi connectivity index (χ2v) is 5.33. The second kappa shape index (κ2) is 5.65. The quantitative estimate of drug-likeness (QED) is 0.701. The van der Waals surface area contributed by atoms with E-state index < -0.39 is 42.6 Å². The van der Waals surface area contributed by atoms with Crippen LogP contribution < -0.4 is 0 Å². The standard InChI is InChI=1S/C13H17N3O6/c1-6-10(21-7(2)17)11(22-8(3)18)12-13(20-6)16-9(5-19-12)4-14-15-16/h4,6,10-13H,5H2,1-3H3/t6-,10-,11+,12-,13-/m1/s1. The maximum absolute atomic E-state index is 11.4. The molecule has 0 bridgehead atoms. The molecule has 22 heavy (non-hydrogen) atoms. The van der Waals surface area contributed by atoms with Crippen LogP contribution in [0.1, 0.15) is 32.7 Å². The third kappa shape index (κ3) is 2.57. The number of rotatable bonds is 2. The number of hydrogen-bond acceptors (Lipinski definition) is 8. The summed E-state index contributed by atoms with van der Waals surface area (Å²) in [6.45, 7) is 4.59. The molecular weight excluding hydrogens is 294 g/mol. The zero-order valence-corrected chi connectivity index (χ0v) is 12.5. The van der Waals surface area contributed by atoms with Crippen LogP contribution in [0.4, 0.5) is 0 Å². The second-order valence-electron chi connectivity index (χ2n) is 5.33. The minimum absolute atomic E-state index is 0.260. The Hall–Kier alpha value is -2.00. The Kier molecular flexibility index (Phi) is 3.83. The molecule has 1 saturated heterocycles. The van der Waals surface area contributed by atoms with Gasteiger partial charge in [0.1, 0.15) is 6.10 Å². The molecule has 0 amide bonds. The van der Waals surface area contributed by atoms with Crippen molar-refractivity contribution in [2.45, 2.75) is 58.0 Å². The number of nitrogens with zero attached hydrogens (tertiary/aromatic N) is 3. The smallest absolute Gasteiger partial charge is 0.303 e. The molecule has 3 rings (SSSR count). The Morgan fingerprint density at radius 2 is 1.95 bits per heavy atom. The molecule has 0 unspecified atom stereocenters. The van der Waals surface area contributed by atoms with Gasteiger partial charge in [-0.15, -0.1) is 5.10 Å². The van der Waals surface area contributed by atoms with Crippen LogP contribution in [0.2, 0.25) is 0 Å². The fourth-order valence-corrected chi connectivity index (χ4v) is 2.81. The van der Waals surface area contributed by atoms with E-state index in [0.717, 1.165) is 5.69 Å². The van der Waals surface area contributed by atoms with Crippen molar-refractivity contribution in [1.82, 2.24) is 15.0 Å². The number of fused-ring (bicyclic) bond motifs is 3. The van der Waals surface area contributed by atoms with Crippen molar-refractivity contribution in [3.05, 3.63) is 11.9 Å². The monoisotopic (exact) mass is 311 g/mol. The van der Waals surface area contributed by atoms with Crippen molar-refractivity contribution >= 4 is 11.9 Å². The molecule has 3 heterocycles. The number of esters is 2. The van der Waals surface area contributed by atoms with E-state index in [1.807, 2.05) is 0 Å². The molecule has 5 atom stereocenters. The molecule has 0 aromatic carbocycles. The lowest BCUT2D eigenvalue weighted by Crippen LogP contribution is -2.59. The summed E-state index contributed by atoms with van der Waals surface area (Å²) in [6, 6.07) is 0. The van der Waals surface area contributed by atoms with Crippen molar-refractivity contribution in [2.24, 2.45) is 0 Å². The number of hydrogen-bond donors (Lipinski definition) is 0. The van der Waals surface area contributed by atoms with Gasteiger partial charge in [0.25, 0.3) is 0 Å². The van der Waals surface area contributed by atoms with Gasteiger partial charge in [0.15, 0.2) is 18.4 Å². The average Bonchev–Trinajstić information content (AvgIpc) is 2.90. The van der Waals surface area contributed by atoms with Crippen LogP contribution in [-0.4, -0.2) is 51.3 Å². The lowest BCUT2D eigenvalue weighted by Gasteiger charge is -2.45. The molecule has 0 N–H and O–H groups in total. The highest BCUT2D eigenvalue weighted by molar-refractivity contribution is 5.67. The summed E-state index contributed by atoms with van der Waals surface area (Å²) in [6.07, 6.45) is -1.63. The molecule has 0 spiro atoms. The van der Waals surface area contributed by atoms with Gasteiger partial charge in [0.2, 0.25) is 0 Å². The minimum Gasteiger partial charge on any atom is -0.456 e. The predicted octanol–water partition coefficient (Wildman–Crippen LogP) is -0.0424. The Bertz CT molecular complexity index is 588. The largest absolute Gasteiger partial charge is 0.456 e. The number of ether oxygens (including phenoxy) is 4. The molecule has 9 heteroatoms.